The van der Waals surface area contributed by atoms with Crippen molar-refractivity contribution in [2.75, 3.05) is 0 Å². The fourth-order valence-electron chi connectivity index (χ4n) is 8.98. The van der Waals surface area contributed by atoms with E-state index in [9.17, 15) is 10.2 Å². The highest BCUT2D eigenvalue weighted by atomic mass is 16.5. The summed E-state index contributed by atoms with van der Waals surface area (Å²) in [6, 6.07) is 0. The molecule has 4 nitrogen and oxygen atoms in total. The number of allylic oxidation sites excluding steroid dienone is 12. The molecule has 60 heavy (non-hydrogen) atoms. The highest BCUT2D eigenvalue weighted by Gasteiger charge is 2.39. The van der Waals surface area contributed by atoms with Gasteiger partial charge in [0.1, 0.15) is 34.2 Å². The second-order valence-electron chi connectivity index (χ2n) is 19.7. The average Bonchev–Trinajstić information content (AvgIpc) is 3.17. The molecule has 2 heterocycles. The lowest BCUT2D eigenvalue weighted by Crippen LogP contribution is -2.37. The standard InChI is InChI=1S/C56H82O4/c1-37(2)21-15-23-39(5)25-17-27-41(7)29-19-33-55(13)35-31-47-49(51(57)43(9)45(11)53(47)59-55)50-48-32-36-56(14,60-54(48)46(12)44(10)52(50)58)34-20-30-42(8)28-18-26-40(6)24-16-22-38(3)4/h21-22,25-26,29-30,57-58H,15-20,23-24,27-28,31-36H2,1-14H3/t55-,56-/m0/s1. The second kappa shape index (κ2) is 21.7. The third-order valence-corrected chi connectivity index (χ3v) is 13.5. The smallest absolute Gasteiger partial charge is 0.127 e. The third kappa shape index (κ3) is 13.0. The largest absolute Gasteiger partial charge is 0.507 e. The summed E-state index contributed by atoms with van der Waals surface area (Å²) in [5, 5.41) is 23.9. The van der Waals surface area contributed by atoms with E-state index in [-0.39, 0.29) is 22.7 Å². The van der Waals surface area contributed by atoms with Gasteiger partial charge in [0.05, 0.1) is 0 Å². The summed E-state index contributed by atoms with van der Waals surface area (Å²) >= 11 is 0. The van der Waals surface area contributed by atoms with Gasteiger partial charge in [0.15, 0.2) is 0 Å². The molecule has 2 aliphatic heterocycles. The van der Waals surface area contributed by atoms with Gasteiger partial charge in [-0.1, -0.05) is 69.9 Å². The minimum atomic E-state index is -0.319. The minimum absolute atomic E-state index is 0.242. The van der Waals surface area contributed by atoms with Crippen LogP contribution in [0.15, 0.2) is 69.9 Å². The van der Waals surface area contributed by atoms with Crippen LogP contribution in [0.4, 0.5) is 0 Å². The van der Waals surface area contributed by atoms with Crippen LogP contribution in [0, 0.1) is 27.7 Å². The summed E-state index contributed by atoms with van der Waals surface area (Å²) in [5.41, 5.74) is 15.0. The maximum Gasteiger partial charge on any atom is 0.127 e. The van der Waals surface area contributed by atoms with Crippen LogP contribution in [-0.4, -0.2) is 21.4 Å². The van der Waals surface area contributed by atoms with E-state index in [1.54, 1.807) is 0 Å². The van der Waals surface area contributed by atoms with Crippen molar-refractivity contribution in [1.29, 1.82) is 0 Å². The lowest BCUT2D eigenvalue weighted by molar-refractivity contribution is 0.0553. The summed E-state index contributed by atoms with van der Waals surface area (Å²) in [5.74, 6) is 2.22. The van der Waals surface area contributed by atoms with E-state index in [1.807, 2.05) is 13.8 Å². The third-order valence-electron chi connectivity index (χ3n) is 13.5. The average molecular weight is 819 g/mol. The molecule has 2 aromatic carbocycles. The van der Waals surface area contributed by atoms with E-state index in [4.69, 9.17) is 9.47 Å². The van der Waals surface area contributed by atoms with E-state index in [1.165, 1.54) is 33.4 Å². The van der Waals surface area contributed by atoms with Crippen LogP contribution in [0.2, 0.25) is 0 Å². The highest BCUT2D eigenvalue weighted by molar-refractivity contribution is 5.88. The molecule has 0 bridgehead atoms. The molecular weight excluding hydrogens is 737 g/mol. The minimum Gasteiger partial charge on any atom is -0.507 e. The van der Waals surface area contributed by atoms with Gasteiger partial charge in [0.2, 0.25) is 0 Å². The van der Waals surface area contributed by atoms with Crippen molar-refractivity contribution in [1.82, 2.24) is 0 Å². The number of phenols is 2. The van der Waals surface area contributed by atoms with Gasteiger partial charge in [0.25, 0.3) is 0 Å². The lowest BCUT2D eigenvalue weighted by atomic mass is 9.78. The first-order chi connectivity index (χ1) is 28.3. The topological polar surface area (TPSA) is 58.9 Å². The molecule has 0 radical (unpaired) electrons. The Hall–Kier alpha value is -3.92. The fourth-order valence-corrected chi connectivity index (χ4v) is 8.98. The van der Waals surface area contributed by atoms with Crippen LogP contribution in [0.1, 0.15) is 193 Å². The Kier molecular flexibility index (Phi) is 17.7. The van der Waals surface area contributed by atoms with Crippen molar-refractivity contribution >= 4 is 0 Å². The van der Waals surface area contributed by atoms with E-state index < -0.39 is 0 Å². The first-order valence-electron chi connectivity index (χ1n) is 23.2. The number of rotatable bonds is 19. The van der Waals surface area contributed by atoms with E-state index in [0.29, 0.717) is 0 Å². The maximum atomic E-state index is 12.0. The van der Waals surface area contributed by atoms with Crippen LogP contribution < -0.4 is 9.47 Å². The van der Waals surface area contributed by atoms with Gasteiger partial charge in [-0.15, -0.1) is 0 Å². The molecular formula is C56H82O4. The van der Waals surface area contributed by atoms with Crippen molar-refractivity contribution in [3.63, 3.8) is 0 Å². The number of ether oxygens (including phenoxy) is 2. The van der Waals surface area contributed by atoms with Crippen LogP contribution in [0.3, 0.4) is 0 Å². The zero-order valence-corrected chi connectivity index (χ0v) is 40.5. The van der Waals surface area contributed by atoms with Gasteiger partial charge in [0, 0.05) is 22.3 Å². The first kappa shape index (κ1) is 48.7. The Bertz CT molecular complexity index is 1880. The van der Waals surface area contributed by atoms with E-state index in [2.05, 4.69) is 120 Å². The summed E-state index contributed by atoms with van der Waals surface area (Å²) < 4.78 is 14.0. The Labute approximate surface area is 366 Å². The molecule has 2 aliphatic rings. The Morgan fingerprint density at radius 1 is 0.467 bits per heavy atom. The highest BCUT2D eigenvalue weighted by Crippen LogP contribution is 2.55. The molecule has 0 spiro atoms. The first-order valence-corrected chi connectivity index (χ1v) is 23.2. The lowest BCUT2D eigenvalue weighted by Gasteiger charge is -2.40. The monoisotopic (exact) mass is 819 g/mol. The van der Waals surface area contributed by atoms with Gasteiger partial charge < -0.3 is 19.7 Å². The molecule has 0 saturated carbocycles. The molecule has 2 atom stereocenters. The molecule has 330 valence electrons. The SMILES string of the molecule is CC(C)=CCCC(C)=CCCC(C)=CCC[C@@]1(C)CCc2c(c(C)c(C)c(O)c2-c2c(O)c(C)c(C)c3c2CC[C@](C)(CCC=C(C)CCC=C(C)CCC=C(C)C)O3)O1. The zero-order chi connectivity index (χ0) is 44.4. The molecule has 0 aliphatic carbocycles. The molecule has 4 rings (SSSR count). The quantitative estimate of drug-likeness (QED) is 0.139. The Balaban J connectivity index is 1.50. The van der Waals surface area contributed by atoms with Gasteiger partial charge in [-0.05, 0) is 222 Å². The van der Waals surface area contributed by atoms with Crippen LogP contribution >= 0.6 is 0 Å². The van der Waals surface area contributed by atoms with E-state index in [0.717, 1.165) is 159 Å². The van der Waals surface area contributed by atoms with Crippen molar-refractivity contribution in [2.45, 2.75) is 211 Å². The Morgan fingerprint density at radius 3 is 1.08 bits per heavy atom. The molecule has 0 amide bonds. The van der Waals surface area contributed by atoms with Gasteiger partial charge in [-0.25, -0.2) is 0 Å². The Morgan fingerprint density at radius 2 is 0.767 bits per heavy atom. The normalized spacial score (nSPS) is 19.6. The zero-order valence-electron chi connectivity index (χ0n) is 40.5. The van der Waals surface area contributed by atoms with Gasteiger partial charge in [-0.2, -0.15) is 0 Å². The summed E-state index contributed by atoms with van der Waals surface area (Å²) in [4.78, 5) is 0. The predicted molar refractivity (Wildman–Crippen MR) is 258 cm³/mol. The number of phenolic OH excluding ortho intramolecular Hbond substituents is 2. The van der Waals surface area contributed by atoms with Crippen LogP contribution in [0.25, 0.3) is 11.1 Å². The molecule has 2 N–H and O–H groups in total. The van der Waals surface area contributed by atoms with E-state index >= 15 is 0 Å². The summed E-state index contributed by atoms with van der Waals surface area (Å²) in [6.45, 7) is 30.2. The molecule has 0 fully saturated rings. The molecule has 4 heteroatoms. The van der Waals surface area contributed by atoms with Crippen molar-refractivity contribution in [3.8, 4) is 34.1 Å². The van der Waals surface area contributed by atoms with Gasteiger partial charge >= 0.3 is 0 Å². The predicted octanol–water partition coefficient (Wildman–Crippen LogP) is 16.6. The fraction of sp³-hybridized carbons (Fsp3) is 0.571. The molecule has 0 saturated heterocycles. The number of hydrogen-bond donors (Lipinski definition) is 2. The van der Waals surface area contributed by atoms with Crippen molar-refractivity contribution in [2.24, 2.45) is 0 Å². The second-order valence-corrected chi connectivity index (χ2v) is 19.7. The number of fused-ring (bicyclic) bond motifs is 2. The number of benzene rings is 2. The summed E-state index contributed by atoms with van der Waals surface area (Å²) in [7, 11) is 0. The van der Waals surface area contributed by atoms with Crippen molar-refractivity contribution in [3.05, 3.63) is 103 Å². The van der Waals surface area contributed by atoms with Gasteiger partial charge in [-0.3, -0.25) is 0 Å². The number of aromatic hydroxyl groups is 2. The van der Waals surface area contributed by atoms with Crippen LogP contribution in [0.5, 0.6) is 23.0 Å². The molecule has 0 aromatic heterocycles. The number of hydrogen-bond acceptors (Lipinski definition) is 4. The van der Waals surface area contributed by atoms with Crippen molar-refractivity contribution < 1.29 is 19.7 Å². The van der Waals surface area contributed by atoms with Crippen LogP contribution in [-0.2, 0) is 12.8 Å². The molecule has 2 aromatic rings. The molecule has 0 unspecified atom stereocenters. The summed E-state index contributed by atoms with van der Waals surface area (Å²) in [6.07, 6.45) is 30.1. The maximum absolute atomic E-state index is 12.0.